The zero-order chi connectivity index (χ0) is 8.55. The maximum atomic E-state index is 11.3. The molecule has 4 heteroatoms. The second-order valence-electron chi connectivity index (χ2n) is 2.79. The predicted octanol–water partition coefficient (Wildman–Crippen LogP) is -1.36. The number of fused-ring (bicyclic) bond motifs is 1. The van der Waals surface area contributed by atoms with Crippen molar-refractivity contribution in [1.29, 1.82) is 0 Å². The Morgan fingerprint density at radius 1 is 1.67 bits per heavy atom. The summed E-state index contributed by atoms with van der Waals surface area (Å²) < 4.78 is 0. The molecule has 0 unspecified atom stereocenters. The molecule has 0 aliphatic carbocycles. The van der Waals surface area contributed by atoms with Crippen LogP contribution in [0.2, 0.25) is 0 Å². The van der Waals surface area contributed by atoms with Crippen molar-refractivity contribution in [1.82, 2.24) is 9.88 Å². The van der Waals surface area contributed by atoms with Crippen LogP contribution in [-0.4, -0.2) is 23.6 Å². The molecule has 0 aromatic carbocycles. The smallest absolute Gasteiger partial charge is 0.192 e. The van der Waals surface area contributed by atoms with Crippen LogP contribution in [0.1, 0.15) is 0 Å². The molecule has 1 N–H and O–H groups in total. The number of aromatic nitrogens is 1. The standard InChI is InChI=1S/C8H9N3O/c1-11-4-6-7(12)2-3-9-8(6)10-5-11/h2-4H,5H2,1H3,(H,9,10). The van der Waals surface area contributed by atoms with Crippen LogP contribution in [0.4, 0.5) is 0 Å². The lowest BCUT2D eigenvalue weighted by Crippen LogP contribution is -2.45. The van der Waals surface area contributed by atoms with E-state index in [1.165, 1.54) is 6.07 Å². The van der Waals surface area contributed by atoms with E-state index in [1.807, 2.05) is 11.9 Å². The molecule has 0 saturated heterocycles. The molecular formula is C8H9N3O. The van der Waals surface area contributed by atoms with Crippen LogP contribution in [0, 0.1) is 0 Å². The Kier molecular flexibility index (Phi) is 1.46. The third-order valence-corrected chi connectivity index (χ3v) is 1.78. The Labute approximate surface area is 68.9 Å². The van der Waals surface area contributed by atoms with Gasteiger partial charge in [-0.25, -0.2) is 4.99 Å². The van der Waals surface area contributed by atoms with Crippen molar-refractivity contribution >= 4 is 6.20 Å². The van der Waals surface area contributed by atoms with Crippen LogP contribution in [0.25, 0.3) is 6.20 Å². The van der Waals surface area contributed by atoms with Crippen molar-refractivity contribution in [3.8, 4) is 0 Å². The van der Waals surface area contributed by atoms with Crippen molar-refractivity contribution < 1.29 is 0 Å². The minimum Gasteiger partial charge on any atom is -0.361 e. The van der Waals surface area contributed by atoms with Crippen LogP contribution >= 0.6 is 0 Å². The molecule has 0 fully saturated rings. The van der Waals surface area contributed by atoms with Crippen LogP contribution in [0.15, 0.2) is 22.1 Å². The number of nitrogens with zero attached hydrogens (tertiary/aromatic N) is 2. The van der Waals surface area contributed by atoms with Crippen molar-refractivity contribution in [2.75, 3.05) is 13.7 Å². The zero-order valence-corrected chi connectivity index (χ0v) is 6.74. The van der Waals surface area contributed by atoms with Crippen molar-refractivity contribution in [2.45, 2.75) is 0 Å². The first-order valence-corrected chi connectivity index (χ1v) is 3.71. The normalized spacial score (nSPS) is 14.6. The van der Waals surface area contributed by atoms with Gasteiger partial charge in [-0.1, -0.05) is 0 Å². The Balaban J connectivity index is 2.89. The van der Waals surface area contributed by atoms with Crippen LogP contribution in [-0.2, 0) is 0 Å². The average Bonchev–Trinajstić information content (AvgIpc) is 2.07. The van der Waals surface area contributed by atoms with Gasteiger partial charge in [0.25, 0.3) is 0 Å². The summed E-state index contributed by atoms with van der Waals surface area (Å²) in [6, 6.07) is 1.50. The molecule has 0 spiro atoms. The van der Waals surface area contributed by atoms with Gasteiger partial charge in [0.2, 0.25) is 0 Å². The number of hydrogen-bond donors (Lipinski definition) is 1. The number of rotatable bonds is 0. The molecule has 0 radical (unpaired) electrons. The van der Waals surface area contributed by atoms with E-state index in [0.29, 0.717) is 17.4 Å². The second kappa shape index (κ2) is 2.48. The molecular weight excluding hydrogens is 154 g/mol. The Hall–Kier alpha value is -1.58. The fraction of sp³-hybridized carbons (Fsp3) is 0.250. The maximum absolute atomic E-state index is 11.3. The lowest BCUT2D eigenvalue weighted by Gasteiger charge is -2.12. The topological polar surface area (TPSA) is 48.5 Å². The predicted molar refractivity (Wildman–Crippen MR) is 44.9 cm³/mol. The molecule has 0 atom stereocenters. The Morgan fingerprint density at radius 3 is 3.33 bits per heavy atom. The number of hydrogen-bond acceptors (Lipinski definition) is 3. The average molecular weight is 163 g/mol. The van der Waals surface area contributed by atoms with Gasteiger partial charge in [0.15, 0.2) is 5.43 Å². The van der Waals surface area contributed by atoms with E-state index in [-0.39, 0.29) is 5.43 Å². The SMILES string of the molecule is CN1C=c2c(=O)cc[nH]c2=NC1. The van der Waals surface area contributed by atoms with Crippen molar-refractivity contribution in [2.24, 2.45) is 4.99 Å². The molecule has 12 heavy (non-hydrogen) atoms. The lowest BCUT2D eigenvalue weighted by atomic mass is 10.3. The lowest BCUT2D eigenvalue weighted by molar-refractivity contribution is 0.494. The molecule has 1 aromatic rings. The molecule has 1 aliphatic heterocycles. The van der Waals surface area contributed by atoms with E-state index < -0.39 is 0 Å². The van der Waals surface area contributed by atoms with Crippen molar-refractivity contribution in [3.63, 3.8) is 0 Å². The van der Waals surface area contributed by atoms with Gasteiger partial charge in [0, 0.05) is 25.5 Å². The molecule has 1 aromatic heterocycles. The highest BCUT2D eigenvalue weighted by atomic mass is 16.1. The quantitative estimate of drug-likeness (QED) is 0.513. The third kappa shape index (κ3) is 1.01. The van der Waals surface area contributed by atoms with Gasteiger partial charge in [-0.3, -0.25) is 4.79 Å². The van der Waals surface area contributed by atoms with Gasteiger partial charge >= 0.3 is 0 Å². The summed E-state index contributed by atoms with van der Waals surface area (Å²) in [7, 11) is 1.89. The third-order valence-electron chi connectivity index (χ3n) is 1.78. The second-order valence-corrected chi connectivity index (χ2v) is 2.79. The van der Waals surface area contributed by atoms with Crippen LogP contribution < -0.4 is 16.1 Å². The Morgan fingerprint density at radius 2 is 2.50 bits per heavy atom. The first kappa shape index (κ1) is 7.09. The summed E-state index contributed by atoms with van der Waals surface area (Å²) in [6.45, 7) is 0.604. The van der Waals surface area contributed by atoms with Gasteiger partial charge in [-0.15, -0.1) is 0 Å². The van der Waals surface area contributed by atoms with Gasteiger partial charge in [0.05, 0.1) is 5.22 Å². The van der Waals surface area contributed by atoms with E-state index in [0.717, 1.165) is 0 Å². The maximum Gasteiger partial charge on any atom is 0.192 e. The molecule has 1 aliphatic rings. The number of H-pyrrole nitrogens is 1. The van der Waals surface area contributed by atoms with E-state index in [9.17, 15) is 4.79 Å². The zero-order valence-electron chi connectivity index (χ0n) is 6.74. The number of pyridine rings is 1. The van der Waals surface area contributed by atoms with E-state index in [4.69, 9.17) is 0 Å². The summed E-state index contributed by atoms with van der Waals surface area (Å²) in [5.74, 6) is 0. The fourth-order valence-electron chi connectivity index (χ4n) is 1.18. The first-order valence-electron chi connectivity index (χ1n) is 3.71. The van der Waals surface area contributed by atoms with Gasteiger partial charge in [-0.2, -0.15) is 0 Å². The highest BCUT2D eigenvalue weighted by molar-refractivity contribution is 5.20. The van der Waals surface area contributed by atoms with E-state index in [2.05, 4.69) is 9.98 Å². The fourth-order valence-corrected chi connectivity index (χ4v) is 1.18. The van der Waals surface area contributed by atoms with Gasteiger partial charge < -0.3 is 9.88 Å². The molecule has 0 saturated carbocycles. The van der Waals surface area contributed by atoms with Crippen LogP contribution in [0.3, 0.4) is 0 Å². The largest absolute Gasteiger partial charge is 0.361 e. The Bertz CT molecular complexity index is 460. The van der Waals surface area contributed by atoms with Gasteiger partial charge in [-0.05, 0) is 0 Å². The minimum absolute atomic E-state index is 0.0130. The van der Waals surface area contributed by atoms with Crippen LogP contribution in [0.5, 0.6) is 0 Å². The first-order chi connectivity index (χ1) is 5.77. The molecule has 2 heterocycles. The van der Waals surface area contributed by atoms with E-state index in [1.54, 1.807) is 12.4 Å². The summed E-state index contributed by atoms with van der Waals surface area (Å²) in [6.07, 6.45) is 3.42. The summed E-state index contributed by atoms with van der Waals surface area (Å²) in [5, 5.41) is 0.645. The number of nitrogens with one attached hydrogen (secondary N) is 1. The summed E-state index contributed by atoms with van der Waals surface area (Å²) >= 11 is 0. The van der Waals surface area contributed by atoms with Gasteiger partial charge in [0.1, 0.15) is 12.2 Å². The highest BCUT2D eigenvalue weighted by Gasteiger charge is 1.99. The monoisotopic (exact) mass is 163 g/mol. The molecule has 2 rings (SSSR count). The molecule has 62 valence electrons. The minimum atomic E-state index is 0.0130. The molecule has 0 amide bonds. The van der Waals surface area contributed by atoms with E-state index >= 15 is 0 Å². The number of aromatic amines is 1. The molecule has 0 bridgehead atoms. The van der Waals surface area contributed by atoms with Crippen molar-refractivity contribution in [3.05, 3.63) is 33.2 Å². The molecule has 4 nitrogen and oxygen atoms in total. The summed E-state index contributed by atoms with van der Waals surface area (Å²) in [5.41, 5.74) is 0.694. The summed E-state index contributed by atoms with van der Waals surface area (Å²) in [4.78, 5) is 20.2. The highest BCUT2D eigenvalue weighted by Crippen LogP contribution is 1.83.